The van der Waals surface area contributed by atoms with E-state index in [-0.39, 0.29) is 6.04 Å². The summed E-state index contributed by atoms with van der Waals surface area (Å²) in [6.45, 7) is 4.09. The number of hydrogen-bond donors (Lipinski definition) is 1. The molecular weight excluding hydrogens is 224 g/mol. The van der Waals surface area contributed by atoms with Crippen LogP contribution in [0.4, 0.5) is 0 Å². The molecule has 1 N–H and O–H groups in total. The predicted octanol–water partition coefficient (Wildman–Crippen LogP) is 3.34. The SMILES string of the molecule is CC(C)n1ncc(Cl)c1C(O)CC1CCC1. The van der Waals surface area contributed by atoms with Crippen LogP contribution in [0.5, 0.6) is 0 Å². The van der Waals surface area contributed by atoms with Crippen molar-refractivity contribution in [2.45, 2.75) is 51.7 Å². The van der Waals surface area contributed by atoms with Crippen molar-refractivity contribution in [3.8, 4) is 0 Å². The van der Waals surface area contributed by atoms with Gasteiger partial charge >= 0.3 is 0 Å². The molecule has 1 aromatic heterocycles. The van der Waals surface area contributed by atoms with Crippen LogP contribution in [0.25, 0.3) is 0 Å². The van der Waals surface area contributed by atoms with Crippen LogP contribution in [-0.4, -0.2) is 14.9 Å². The molecule has 0 radical (unpaired) electrons. The van der Waals surface area contributed by atoms with E-state index in [1.807, 2.05) is 18.5 Å². The smallest absolute Gasteiger partial charge is 0.0974 e. The fourth-order valence-electron chi connectivity index (χ4n) is 2.23. The van der Waals surface area contributed by atoms with E-state index in [0.717, 1.165) is 12.1 Å². The van der Waals surface area contributed by atoms with E-state index >= 15 is 0 Å². The highest BCUT2D eigenvalue weighted by atomic mass is 35.5. The molecule has 4 heteroatoms. The molecule has 0 aliphatic heterocycles. The zero-order valence-electron chi connectivity index (χ0n) is 9.86. The van der Waals surface area contributed by atoms with Gasteiger partial charge in [0.1, 0.15) is 0 Å². The van der Waals surface area contributed by atoms with E-state index in [4.69, 9.17) is 11.6 Å². The maximum atomic E-state index is 10.2. The molecule has 1 aliphatic rings. The topological polar surface area (TPSA) is 38.0 Å². The van der Waals surface area contributed by atoms with E-state index in [1.165, 1.54) is 19.3 Å². The molecule has 0 aromatic carbocycles. The highest BCUT2D eigenvalue weighted by Crippen LogP contribution is 2.36. The van der Waals surface area contributed by atoms with Gasteiger partial charge in [0.15, 0.2) is 0 Å². The van der Waals surface area contributed by atoms with Crippen molar-refractivity contribution < 1.29 is 5.11 Å². The Balaban J connectivity index is 2.13. The highest BCUT2D eigenvalue weighted by Gasteiger charge is 2.26. The van der Waals surface area contributed by atoms with Crippen molar-refractivity contribution in [3.63, 3.8) is 0 Å². The van der Waals surface area contributed by atoms with Gasteiger partial charge in [0.05, 0.1) is 23.0 Å². The third-order valence-electron chi connectivity index (χ3n) is 3.37. The van der Waals surface area contributed by atoms with Crippen molar-refractivity contribution in [1.29, 1.82) is 0 Å². The Morgan fingerprint density at radius 2 is 2.25 bits per heavy atom. The van der Waals surface area contributed by atoms with Gasteiger partial charge in [-0.3, -0.25) is 4.68 Å². The molecule has 1 heterocycles. The van der Waals surface area contributed by atoms with Crippen molar-refractivity contribution in [2.75, 3.05) is 0 Å². The number of halogens is 1. The van der Waals surface area contributed by atoms with Gasteiger partial charge in [-0.05, 0) is 26.2 Å². The van der Waals surface area contributed by atoms with E-state index < -0.39 is 6.10 Å². The van der Waals surface area contributed by atoms with Gasteiger partial charge in [0.25, 0.3) is 0 Å². The molecule has 1 unspecified atom stereocenters. The molecule has 1 saturated carbocycles. The van der Waals surface area contributed by atoms with Crippen molar-refractivity contribution in [2.24, 2.45) is 5.92 Å². The molecule has 0 amide bonds. The lowest BCUT2D eigenvalue weighted by molar-refractivity contribution is 0.109. The minimum Gasteiger partial charge on any atom is -0.387 e. The Labute approximate surface area is 101 Å². The molecule has 0 spiro atoms. The fourth-order valence-corrected chi connectivity index (χ4v) is 2.49. The molecule has 1 aliphatic carbocycles. The zero-order chi connectivity index (χ0) is 11.7. The second kappa shape index (κ2) is 4.76. The quantitative estimate of drug-likeness (QED) is 0.880. The minimum atomic E-state index is -0.470. The average Bonchev–Trinajstić information content (AvgIpc) is 2.53. The van der Waals surface area contributed by atoms with Gasteiger partial charge < -0.3 is 5.11 Å². The first-order valence-electron chi connectivity index (χ1n) is 6.00. The number of aliphatic hydroxyl groups is 1. The maximum absolute atomic E-state index is 10.2. The van der Waals surface area contributed by atoms with Crippen LogP contribution in [-0.2, 0) is 0 Å². The third kappa shape index (κ3) is 2.25. The largest absolute Gasteiger partial charge is 0.387 e. The molecule has 1 fully saturated rings. The first-order chi connectivity index (χ1) is 7.59. The second-order valence-electron chi connectivity index (χ2n) is 4.96. The van der Waals surface area contributed by atoms with Crippen LogP contribution < -0.4 is 0 Å². The molecule has 0 bridgehead atoms. The summed E-state index contributed by atoms with van der Waals surface area (Å²) in [5.74, 6) is 0.668. The number of nitrogens with zero attached hydrogens (tertiary/aromatic N) is 2. The summed E-state index contributed by atoms with van der Waals surface area (Å²) in [7, 11) is 0. The van der Waals surface area contributed by atoms with E-state index in [9.17, 15) is 5.11 Å². The first kappa shape index (κ1) is 11.9. The molecule has 1 atom stereocenters. The van der Waals surface area contributed by atoms with Gasteiger partial charge in [-0.25, -0.2) is 0 Å². The standard InChI is InChI=1S/C12H19ClN2O/c1-8(2)15-12(10(13)7-14-15)11(16)6-9-4-3-5-9/h7-9,11,16H,3-6H2,1-2H3. The third-order valence-corrected chi connectivity index (χ3v) is 3.66. The second-order valence-corrected chi connectivity index (χ2v) is 5.37. The normalized spacial score (nSPS) is 18.8. The van der Waals surface area contributed by atoms with Gasteiger partial charge in [0, 0.05) is 6.04 Å². The molecule has 90 valence electrons. The predicted molar refractivity (Wildman–Crippen MR) is 64.5 cm³/mol. The summed E-state index contributed by atoms with van der Waals surface area (Å²) in [6, 6.07) is 0.235. The number of rotatable bonds is 4. The van der Waals surface area contributed by atoms with Crippen LogP contribution in [0.3, 0.4) is 0 Å². The van der Waals surface area contributed by atoms with Crippen LogP contribution in [0, 0.1) is 5.92 Å². The molecular formula is C12H19ClN2O. The Bertz CT molecular complexity index is 358. The van der Waals surface area contributed by atoms with Crippen LogP contribution in [0.15, 0.2) is 6.20 Å². The van der Waals surface area contributed by atoms with E-state index in [1.54, 1.807) is 6.20 Å². The Morgan fingerprint density at radius 1 is 1.56 bits per heavy atom. The summed E-state index contributed by atoms with van der Waals surface area (Å²) in [6.07, 6.45) is 5.76. The fraction of sp³-hybridized carbons (Fsp3) is 0.750. The summed E-state index contributed by atoms with van der Waals surface area (Å²) >= 11 is 6.09. The molecule has 0 saturated heterocycles. The summed E-state index contributed by atoms with van der Waals surface area (Å²) in [5.41, 5.74) is 0.781. The summed E-state index contributed by atoms with van der Waals surface area (Å²) in [5, 5.41) is 15.0. The lowest BCUT2D eigenvalue weighted by Crippen LogP contribution is -2.18. The van der Waals surface area contributed by atoms with E-state index in [0.29, 0.717) is 10.9 Å². The highest BCUT2D eigenvalue weighted by molar-refractivity contribution is 6.31. The number of hydrogen-bond acceptors (Lipinski definition) is 2. The minimum absolute atomic E-state index is 0.235. The lowest BCUT2D eigenvalue weighted by Gasteiger charge is -2.28. The monoisotopic (exact) mass is 242 g/mol. The van der Waals surface area contributed by atoms with Crippen LogP contribution in [0.1, 0.15) is 57.4 Å². The number of aromatic nitrogens is 2. The van der Waals surface area contributed by atoms with Gasteiger partial charge in [-0.2, -0.15) is 5.10 Å². The Morgan fingerprint density at radius 3 is 2.75 bits per heavy atom. The first-order valence-corrected chi connectivity index (χ1v) is 6.38. The lowest BCUT2D eigenvalue weighted by atomic mass is 9.81. The maximum Gasteiger partial charge on any atom is 0.0974 e. The molecule has 1 aromatic rings. The zero-order valence-corrected chi connectivity index (χ0v) is 10.6. The van der Waals surface area contributed by atoms with Gasteiger partial charge in [-0.1, -0.05) is 30.9 Å². The van der Waals surface area contributed by atoms with Crippen LogP contribution in [0.2, 0.25) is 5.02 Å². The number of aliphatic hydroxyl groups excluding tert-OH is 1. The van der Waals surface area contributed by atoms with Crippen molar-refractivity contribution >= 4 is 11.6 Å². The van der Waals surface area contributed by atoms with Crippen molar-refractivity contribution in [3.05, 3.63) is 16.9 Å². The van der Waals surface area contributed by atoms with E-state index in [2.05, 4.69) is 5.10 Å². The molecule has 16 heavy (non-hydrogen) atoms. The molecule has 3 nitrogen and oxygen atoms in total. The van der Waals surface area contributed by atoms with Gasteiger partial charge in [0.2, 0.25) is 0 Å². The Kier molecular flexibility index (Phi) is 3.55. The van der Waals surface area contributed by atoms with Gasteiger partial charge in [-0.15, -0.1) is 0 Å². The van der Waals surface area contributed by atoms with Crippen molar-refractivity contribution in [1.82, 2.24) is 9.78 Å². The summed E-state index contributed by atoms with van der Waals surface area (Å²) < 4.78 is 1.83. The molecule has 2 rings (SSSR count). The van der Waals surface area contributed by atoms with Crippen LogP contribution >= 0.6 is 11.6 Å². The Hall–Kier alpha value is -0.540. The summed E-state index contributed by atoms with van der Waals surface area (Å²) in [4.78, 5) is 0. The average molecular weight is 243 g/mol.